The van der Waals surface area contributed by atoms with Crippen LogP contribution in [0, 0.1) is 5.41 Å². The average molecular weight is 334 g/mol. The van der Waals surface area contributed by atoms with E-state index < -0.39 is 0 Å². The van der Waals surface area contributed by atoms with Crippen molar-refractivity contribution in [2.75, 3.05) is 13.1 Å². The van der Waals surface area contributed by atoms with E-state index in [4.69, 9.17) is 4.74 Å². The second-order valence-corrected chi connectivity index (χ2v) is 8.90. The fourth-order valence-electron chi connectivity index (χ4n) is 3.73. The van der Waals surface area contributed by atoms with Crippen LogP contribution in [-0.2, 0) is 5.41 Å². The topological polar surface area (TPSA) is 12.5 Å². The van der Waals surface area contributed by atoms with Gasteiger partial charge in [-0.1, -0.05) is 60.6 Å². The molecular formula is C22H39NO. The summed E-state index contributed by atoms with van der Waals surface area (Å²) in [5.41, 5.74) is 1.89. The van der Waals surface area contributed by atoms with E-state index in [1.165, 1.54) is 5.56 Å². The molecule has 0 radical (unpaired) electrons. The van der Waals surface area contributed by atoms with Crippen molar-refractivity contribution in [3.05, 3.63) is 29.8 Å². The molecule has 0 aromatic heterocycles. The quantitative estimate of drug-likeness (QED) is 0.495. The summed E-state index contributed by atoms with van der Waals surface area (Å²) in [6.45, 7) is 20.4. The van der Waals surface area contributed by atoms with Crippen molar-refractivity contribution in [2.24, 2.45) is 5.41 Å². The lowest BCUT2D eigenvalue weighted by atomic mass is 9.72. The molecule has 1 aromatic rings. The van der Waals surface area contributed by atoms with Crippen LogP contribution in [-0.4, -0.2) is 24.2 Å². The van der Waals surface area contributed by atoms with Crippen LogP contribution in [0.2, 0.25) is 0 Å². The van der Waals surface area contributed by atoms with Gasteiger partial charge in [0.1, 0.15) is 12.0 Å². The minimum Gasteiger partial charge on any atom is -0.475 e. The van der Waals surface area contributed by atoms with Gasteiger partial charge in [-0.15, -0.1) is 0 Å². The van der Waals surface area contributed by atoms with Crippen LogP contribution in [0.4, 0.5) is 0 Å². The van der Waals surface area contributed by atoms with Gasteiger partial charge in [0.2, 0.25) is 0 Å². The second kappa shape index (κ2) is 8.89. The van der Waals surface area contributed by atoms with Gasteiger partial charge in [-0.3, -0.25) is 4.90 Å². The van der Waals surface area contributed by atoms with Gasteiger partial charge < -0.3 is 4.74 Å². The van der Waals surface area contributed by atoms with Gasteiger partial charge in [0.15, 0.2) is 0 Å². The van der Waals surface area contributed by atoms with Crippen LogP contribution in [0.5, 0.6) is 5.75 Å². The van der Waals surface area contributed by atoms with Gasteiger partial charge in [0.05, 0.1) is 0 Å². The minimum atomic E-state index is 0.123. The maximum Gasteiger partial charge on any atom is 0.149 e. The molecule has 138 valence electrons. The molecule has 0 fully saturated rings. The van der Waals surface area contributed by atoms with Crippen LogP contribution in [0.15, 0.2) is 24.3 Å². The third-order valence-electron chi connectivity index (χ3n) is 4.45. The molecule has 1 aromatic carbocycles. The molecule has 2 nitrogen and oxygen atoms in total. The van der Waals surface area contributed by atoms with Crippen LogP contribution in [0.3, 0.4) is 0 Å². The molecule has 0 heterocycles. The van der Waals surface area contributed by atoms with E-state index in [0.29, 0.717) is 5.41 Å². The van der Waals surface area contributed by atoms with E-state index >= 15 is 0 Å². The Kier molecular flexibility index (Phi) is 7.79. The first kappa shape index (κ1) is 21.0. The van der Waals surface area contributed by atoms with Crippen molar-refractivity contribution in [3.8, 4) is 5.75 Å². The highest BCUT2D eigenvalue weighted by atomic mass is 16.5. The fourth-order valence-corrected chi connectivity index (χ4v) is 3.73. The number of nitrogens with zero attached hydrogens (tertiary/aromatic N) is 1. The molecule has 1 rings (SSSR count). The largest absolute Gasteiger partial charge is 0.475 e. The maximum atomic E-state index is 6.18. The Balaban J connectivity index is 2.76. The Bertz CT molecular complexity index is 464. The zero-order valence-electron chi connectivity index (χ0n) is 17.3. The molecule has 1 unspecified atom stereocenters. The van der Waals surface area contributed by atoms with E-state index in [2.05, 4.69) is 84.6 Å². The highest BCUT2D eigenvalue weighted by Gasteiger charge is 2.27. The van der Waals surface area contributed by atoms with E-state index in [1.54, 1.807) is 0 Å². The lowest BCUT2D eigenvalue weighted by Crippen LogP contribution is -2.38. The molecule has 0 amide bonds. The fraction of sp³-hybridized carbons (Fsp3) is 0.727. The molecule has 24 heavy (non-hydrogen) atoms. The van der Waals surface area contributed by atoms with Crippen LogP contribution < -0.4 is 4.74 Å². The molecule has 0 bridgehead atoms. The Hall–Kier alpha value is -1.02. The van der Waals surface area contributed by atoms with Crippen molar-refractivity contribution < 1.29 is 4.74 Å². The van der Waals surface area contributed by atoms with Gasteiger partial charge in [-0.05, 0) is 54.7 Å². The van der Waals surface area contributed by atoms with Gasteiger partial charge in [0, 0.05) is 13.1 Å². The van der Waals surface area contributed by atoms with E-state index in [0.717, 1.165) is 38.1 Å². The van der Waals surface area contributed by atoms with Crippen molar-refractivity contribution in [3.63, 3.8) is 0 Å². The summed E-state index contributed by atoms with van der Waals surface area (Å²) in [5, 5.41) is 0. The third-order valence-corrected chi connectivity index (χ3v) is 4.45. The SMILES string of the molecule is CCCN(CCC)C(C)Oc1ccc(C(C)(C)CC(C)(C)C)cc1. The lowest BCUT2D eigenvalue weighted by molar-refractivity contribution is 0.0396. The average Bonchev–Trinajstić information content (AvgIpc) is 2.45. The highest BCUT2D eigenvalue weighted by molar-refractivity contribution is 5.32. The van der Waals surface area contributed by atoms with Crippen LogP contribution in [0.1, 0.15) is 80.2 Å². The van der Waals surface area contributed by atoms with Gasteiger partial charge >= 0.3 is 0 Å². The predicted molar refractivity (Wildman–Crippen MR) is 106 cm³/mol. The second-order valence-electron chi connectivity index (χ2n) is 8.90. The molecule has 1 atom stereocenters. The number of ether oxygens (including phenoxy) is 1. The summed E-state index contributed by atoms with van der Waals surface area (Å²) in [7, 11) is 0. The molecule has 0 aliphatic heterocycles. The molecular weight excluding hydrogens is 294 g/mol. The van der Waals surface area contributed by atoms with E-state index in [9.17, 15) is 0 Å². The van der Waals surface area contributed by atoms with E-state index in [-0.39, 0.29) is 11.6 Å². The summed E-state index contributed by atoms with van der Waals surface area (Å²) in [4.78, 5) is 2.41. The lowest BCUT2D eigenvalue weighted by Gasteiger charge is -2.33. The molecule has 0 N–H and O–H groups in total. The summed E-state index contributed by atoms with van der Waals surface area (Å²) in [6.07, 6.45) is 3.61. The number of hydrogen-bond donors (Lipinski definition) is 0. The first-order chi connectivity index (χ1) is 11.1. The first-order valence-electron chi connectivity index (χ1n) is 9.60. The molecule has 0 saturated heterocycles. The van der Waals surface area contributed by atoms with Crippen molar-refractivity contribution >= 4 is 0 Å². The summed E-state index contributed by atoms with van der Waals surface area (Å²) in [6, 6.07) is 8.73. The minimum absolute atomic E-state index is 0.123. The zero-order chi connectivity index (χ0) is 18.4. The van der Waals surface area contributed by atoms with Gasteiger partial charge in [-0.25, -0.2) is 0 Å². The zero-order valence-corrected chi connectivity index (χ0v) is 17.3. The summed E-state index contributed by atoms with van der Waals surface area (Å²) < 4.78 is 6.18. The maximum absolute atomic E-state index is 6.18. The smallest absolute Gasteiger partial charge is 0.149 e. The Labute approximate surface area is 150 Å². The van der Waals surface area contributed by atoms with Gasteiger partial charge in [-0.2, -0.15) is 0 Å². The molecule has 2 heteroatoms. The monoisotopic (exact) mass is 333 g/mol. The standard InChI is InChI=1S/C22H39NO/c1-9-15-23(16-10-2)18(3)24-20-13-11-19(12-14-20)22(7,8)17-21(4,5)6/h11-14,18H,9-10,15-17H2,1-8H3. The Morgan fingerprint density at radius 1 is 0.917 bits per heavy atom. The van der Waals surface area contributed by atoms with Crippen LogP contribution in [0.25, 0.3) is 0 Å². The van der Waals surface area contributed by atoms with Crippen molar-refractivity contribution in [1.29, 1.82) is 0 Å². The number of rotatable bonds is 9. The normalized spacial score (nSPS) is 14.0. The van der Waals surface area contributed by atoms with Crippen molar-refractivity contribution in [1.82, 2.24) is 4.90 Å². The summed E-state index contributed by atoms with van der Waals surface area (Å²) >= 11 is 0. The van der Waals surface area contributed by atoms with Crippen molar-refractivity contribution in [2.45, 2.75) is 86.3 Å². The number of hydrogen-bond acceptors (Lipinski definition) is 2. The molecule has 0 aliphatic carbocycles. The first-order valence-corrected chi connectivity index (χ1v) is 9.60. The number of benzene rings is 1. The molecule has 0 saturated carbocycles. The summed E-state index contributed by atoms with van der Waals surface area (Å²) in [5.74, 6) is 0.968. The third kappa shape index (κ3) is 6.84. The van der Waals surface area contributed by atoms with E-state index in [1.807, 2.05) is 0 Å². The molecule has 0 aliphatic rings. The molecule has 0 spiro atoms. The highest BCUT2D eigenvalue weighted by Crippen LogP contribution is 2.36. The van der Waals surface area contributed by atoms with Gasteiger partial charge in [0.25, 0.3) is 0 Å². The predicted octanol–water partition coefficient (Wildman–Crippen LogP) is 6.25. The Morgan fingerprint density at radius 2 is 1.42 bits per heavy atom. The Morgan fingerprint density at radius 3 is 1.83 bits per heavy atom. The van der Waals surface area contributed by atoms with Crippen LogP contribution >= 0.6 is 0 Å².